The van der Waals surface area contributed by atoms with Crippen molar-refractivity contribution in [2.75, 3.05) is 13.1 Å². The highest BCUT2D eigenvalue weighted by Gasteiger charge is 2.13. The molecule has 0 aliphatic carbocycles. The van der Waals surface area contributed by atoms with Gasteiger partial charge < -0.3 is 4.90 Å². The monoisotopic (exact) mass is 257 g/mol. The Morgan fingerprint density at radius 1 is 1.44 bits per heavy atom. The summed E-state index contributed by atoms with van der Waals surface area (Å²) in [6.07, 6.45) is 1.69. The highest BCUT2D eigenvalue weighted by atomic mass is 35.5. The lowest BCUT2D eigenvalue weighted by Gasteiger charge is -2.19. The lowest BCUT2D eigenvalue weighted by molar-refractivity contribution is 0.0782. The van der Waals surface area contributed by atoms with E-state index in [0.717, 1.165) is 0 Å². The van der Waals surface area contributed by atoms with Gasteiger partial charge in [-0.1, -0.05) is 29.3 Å². The van der Waals surface area contributed by atoms with E-state index in [4.69, 9.17) is 23.2 Å². The summed E-state index contributed by atoms with van der Waals surface area (Å²) in [5, 5.41) is 0.840. The molecule has 0 saturated carbocycles. The number of rotatable bonds is 4. The molecule has 0 aliphatic rings. The molecule has 16 heavy (non-hydrogen) atoms. The molecular weight excluding hydrogens is 245 g/mol. The second kappa shape index (κ2) is 5.92. The molecule has 1 aromatic rings. The zero-order chi connectivity index (χ0) is 12.1. The summed E-state index contributed by atoms with van der Waals surface area (Å²) in [7, 11) is 0. The van der Waals surface area contributed by atoms with E-state index in [-0.39, 0.29) is 5.91 Å². The molecule has 0 heterocycles. The van der Waals surface area contributed by atoms with Crippen molar-refractivity contribution in [2.45, 2.75) is 6.92 Å². The van der Waals surface area contributed by atoms with Gasteiger partial charge in [0.2, 0.25) is 0 Å². The van der Waals surface area contributed by atoms with E-state index in [1.807, 2.05) is 6.92 Å². The quantitative estimate of drug-likeness (QED) is 0.755. The van der Waals surface area contributed by atoms with Crippen LogP contribution in [0.4, 0.5) is 0 Å². The van der Waals surface area contributed by atoms with Crippen molar-refractivity contribution in [3.8, 4) is 0 Å². The van der Waals surface area contributed by atoms with Gasteiger partial charge in [-0.25, -0.2) is 0 Å². The number of carbonyl (C=O) groups is 1. The average Bonchev–Trinajstić information content (AvgIpc) is 2.28. The standard InChI is InChI=1S/C12H13Cl2NO/c1-3-7-15(4-2)12(16)9-5-6-10(13)11(14)8-9/h3,5-6,8H,1,4,7H2,2H3. The molecule has 0 aromatic heterocycles. The summed E-state index contributed by atoms with van der Waals surface area (Å²) < 4.78 is 0. The van der Waals surface area contributed by atoms with Gasteiger partial charge in [0.25, 0.3) is 5.91 Å². The largest absolute Gasteiger partial charge is 0.335 e. The minimum Gasteiger partial charge on any atom is -0.335 e. The molecule has 0 saturated heterocycles. The number of likely N-dealkylation sites (N-methyl/N-ethyl adjacent to an activating group) is 1. The lowest BCUT2D eigenvalue weighted by Crippen LogP contribution is -2.30. The fourth-order valence-corrected chi connectivity index (χ4v) is 1.62. The van der Waals surface area contributed by atoms with Crippen LogP contribution in [0, 0.1) is 0 Å². The van der Waals surface area contributed by atoms with Gasteiger partial charge in [0.05, 0.1) is 10.0 Å². The van der Waals surface area contributed by atoms with Gasteiger partial charge in [-0.3, -0.25) is 4.79 Å². The van der Waals surface area contributed by atoms with Gasteiger partial charge in [-0.2, -0.15) is 0 Å². The predicted octanol–water partition coefficient (Wildman–Crippen LogP) is 3.64. The van der Waals surface area contributed by atoms with Crippen LogP contribution in [0.2, 0.25) is 10.0 Å². The molecule has 2 nitrogen and oxygen atoms in total. The Morgan fingerprint density at radius 3 is 2.62 bits per heavy atom. The average molecular weight is 258 g/mol. The Labute approximate surface area is 105 Å². The number of hydrogen-bond donors (Lipinski definition) is 0. The van der Waals surface area contributed by atoms with Crippen LogP contribution in [0.1, 0.15) is 17.3 Å². The molecule has 86 valence electrons. The van der Waals surface area contributed by atoms with E-state index in [1.54, 1.807) is 29.2 Å². The number of hydrogen-bond acceptors (Lipinski definition) is 1. The molecule has 1 amide bonds. The summed E-state index contributed by atoms with van der Waals surface area (Å²) in [6.45, 7) is 6.68. The Morgan fingerprint density at radius 2 is 2.12 bits per heavy atom. The topological polar surface area (TPSA) is 20.3 Å². The number of halogens is 2. The van der Waals surface area contributed by atoms with E-state index in [1.165, 1.54) is 0 Å². The van der Waals surface area contributed by atoms with Crippen molar-refractivity contribution in [3.63, 3.8) is 0 Å². The molecule has 1 rings (SSSR count). The maximum Gasteiger partial charge on any atom is 0.254 e. The molecule has 0 fully saturated rings. The van der Waals surface area contributed by atoms with Crippen molar-refractivity contribution in [2.24, 2.45) is 0 Å². The molecule has 0 bridgehead atoms. The van der Waals surface area contributed by atoms with E-state index >= 15 is 0 Å². The highest BCUT2D eigenvalue weighted by Crippen LogP contribution is 2.23. The number of amides is 1. The second-order valence-corrected chi connectivity index (χ2v) is 4.08. The SMILES string of the molecule is C=CCN(CC)C(=O)c1ccc(Cl)c(Cl)c1. The van der Waals surface area contributed by atoms with E-state index in [0.29, 0.717) is 28.7 Å². The first kappa shape index (κ1) is 13.1. The van der Waals surface area contributed by atoms with Gasteiger partial charge in [0.15, 0.2) is 0 Å². The number of benzene rings is 1. The Kier molecular flexibility index (Phi) is 4.84. The zero-order valence-electron chi connectivity index (χ0n) is 9.04. The van der Waals surface area contributed by atoms with Crippen LogP contribution in [0.25, 0.3) is 0 Å². The highest BCUT2D eigenvalue weighted by molar-refractivity contribution is 6.42. The van der Waals surface area contributed by atoms with Gasteiger partial charge in [-0.05, 0) is 25.1 Å². The molecule has 4 heteroatoms. The Balaban J connectivity index is 2.94. The van der Waals surface area contributed by atoms with Crippen molar-refractivity contribution in [3.05, 3.63) is 46.5 Å². The van der Waals surface area contributed by atoms with Crippen LogP contribution in [-0.4, -0.2) is 23.9 Å². The van der Waals surface area contributed by atoms with Crippen LogP contribution in [0.5, 0.6) is 0 Å². The normalized spacial score (nSPS) is 9.94. The van der Waals surface area contributed by atoms with Crippen molar-refractivity contribution < 1.29 is 4.79 Å². The third kappa shape index (κ3) is 3.00. The zero-order valence-corrected chi connectivity index (χ0v) is 10.6. The molecule has 0 atom stereocenters. The van der Waals surface area contributed by atoms with E-state index in [9.17, 15) is 4.79 Å². The first-order valence-corrected chi connectivity index (χ1v) is 5.71. The Hall–Kier alpha value is -0.990. The smallest absolute Gasteiger partial charge is 0.254 e. The van der Waals surface area contributed by atoms with Crippen molar-refractivity contribution in [1.29, 1.82) is 0 Å². The number of carbonyl (C=O) groups excluding carboxylic acids is 1. The van der Waals surface area contributed by atoms with Crippen molar-refractivity contribution >= 4 is 29.1 Å². The summed E-state index contributed by atoms with van der Waals surface area (Å²) in [6, 6.07) is 4.87. The summed E-state index contributed by atoms with van der Waals surface area (Å²) in [4.78, 5) is 13.7. The molecule has 0 N–H and O–H groups in total. The third-order valence-electron chi connectivity index (χ3n) is 2.18. The predicted molar refractivity (Wildman–Crippen MR) is 68.2 cm³/mol. The minimum atomic E-state index is -0.0685. The van der Waals surface area contributed by atoms with Gasteiger partial charge in [0.1, 0.15) is 0 Å². The molecule has 1 aromatic carbocycles. The first-order valence-electron chi connectivity index (χ1n) is 4.95. The maximum atomic E-state index is 12.0. The van der Waals surface area contributed by atoms with Crippen molar-refractivity contribution in [1.82, 2.24) is 4.90 Å². The van der Waals surface area contributed by atoms with Crippen LogP contribution in [0.3, 0.4) is 0 Å². The van der Waals surface area contributed by atoms with Crippen LogP contribution in [0.15, 0.2) is 30.9 Å². The van der Waals surface area contributed by atoms with Crippen LogP contribution >= 0.6 is 23.2 Å². The minimum absolute atomic E-state index is 0.0685. The fourth-order valence-electron chi connectivity index (χ4n) is 1.32. The fraction of sp³-hybridized carbons (Fsp3) is 0.250. The Bertz CT molecular complexity index is 404. The second-order valence-electron chi connectivity index (χ2n) is 3.26. The summed E-state index contributed by atoms with van der Waals surface area (Å²) in [5.74, 6) is -0.0685. The maximum absolute atomic E-state index is 12.0. The van der Waals surface area contributed by atoms with E-state index < -0.39 is 0 Å². The third-order valence-corrected chi connectivity index (χ3v) is 2.92. The molecule has 0 unspecified atom stereocenters. The van der Waals surface area contributed by atoms with E-state index in [2.05, 4.69) is 6.58 Å². The molecule has 0 aliphatic heterocycles. The van der Waals surface area contributed by atoms with Gasteiger partial charge >= 0.3 is 0 Å². The van der Waals surface area contributed by atoms with Gasteiger partial charge in [-0.15, -0.1) is 6.58 Å². The molecular formula is C12H13Cl2NO. The summed E-state index contributed by atoms with van der Waals surface area (Å²) >= 11 is 11.6. The van der Waals surface area contributed by atoms with Crippen LogP contribution in [-0.2, 0) is 0 Å². The summed E-state index contributed by atoms with van der Waals surface area (Å²) in [5.41, 5.74) is 0.540. The molecule has 0 radical (unpaired) electrons. The number of nitrogens with zero attached hydrogens (tertiary/aromatic N) is 1. The first-order chi connectivity index (χ1) is 7.60. The van der Waals surface area contributed by atoms with Gasteiger partial charge in [0, 0.05) is 18.7 Å². The lowest BCUT2D eigenvalue weighted by atomic mass is 10.2. The molecule has 0 spiro atoms. The van der Waals surface area contributed by atoms with Crippen LogP contribution < -0.4 is 0 Å².